The van der Waals surface area contributed by atoms with Gasteiger partial charge in [0.15, 0.2) is 46.5 Å². The first-order chi connectivity index (χ1) is 13.3. The molecule has 1 aliphatic heterocycles. The van der Waals surface area contributed by atoms with Gasteiger partial charge in [0.1, 0.15) is 11.4 Å². The molecule has 0 radical (unpaired) electrons. The van der Waals surface area contributed by atoms with Crippen molar-refractivity contribution in [2.24, 2.45) is 0 Å². The molecular weight excluding hydrogens is 414 g/mol. The van der Waals surface area contributed by atoms with Crippen LogP contribution in [0.1, 0.15) is 0 Å². The van der Waals surface area contributed by atoms with Gasteiger partial charge in [0.2, 0.25) is 0 Å². The lowest BCUT2D eigenvalue weighted by atomic mass is 10.1. The summed E-state index contributed by atoms with van der Waals surface area (Å²) in [5.41, 5.74) is -2.15. The first-order valence-electron chi connectivity index (χ1n) is 7.50. The third-order valence-corrected chi connectivity index (χ3v) is 5.22. The maximum atomic E-state index is 14.5. The van der Waals surface area contributed by atoms with Crippen LogP contribution in [0.5, 0.6) is 0 Å². The Morgan fingerprint density at radius 3 is 1.32 bits per heavy atom. The normalized spacial score (nSPS) is 12.8. The zero-order valence-corrected chi connectivity index (χ0v) is 14.1. The highest BCUT2D eigenvalue weighted by atomic mass is 32.2. The van der Waals surface area contributed by atoms with Crippen LogP contribution >= 0.6 is 11.8 Å². The first-order valence-corrected chi connectivity index (χ1v) is 8.32. The SMILES string of the molecule is Fc1c(F)c(F)c2c(c1F)Sc1c(F)c(F)c(F)c(F)c1N2c1ccccc1. The van der Waals surface area contributed by atoms with Crippen molar-refractivity contribution in [1.29, 1.82) is 0 Å². The summed E-state index contributed by atoms with van der Waals surface area (Å²) in [5, 5.41) is 0. The number of rotatable bonds is 1. The monoisotopic (exact) mass is 419 g/mol. The Morgan fingerprint density at radius 1 is 0.500 bits per heavy atom. The van der Waals surface area contributed by atoms with Gasteiger partial charge in [-0.2, -0.15) is 0 Å². The molecule has 0 aliphatic carbocycles. The molecule has 4 rings (SSSR count). The van der Waals surface area contributed by atoms with Gasteiger partial charge in [-0.25, -0.2) is 35.1 Å². The Kier molecular flexibility index (Phi) is 4.25. The number of anilines is 3. The topological polar surface area (TPSA) is 3.24 Å². The molecule has 0 bridgehead atoms. The van der Waals surface area contributed by atoms with Gasteiger partial charge in [-0.05, 0) is 12.1 Å². The minimum atomic E-state index is -2.19. The van der Waals surface area contributed by atoms with E-state index in [1.54, 1.807) is 0 Å². The molecule has 0 fully saturated rings. The van der Waals surface area contributed by atoms with Gasteiger partial charge in [-0.1, -0.05) is 30.0 Å². The molecule has 3 aromatic rings. The minimum absolute atomic E-state index is 0.0768. The summed E-state index contributed by atoms with van der Waals surface area (Å²) in [7, 11) is 0. The molecule has 144 valence electrons. The number of benzene rings is 3. The van der Waals surface area contributed by atoms with E-state index in [0.717, 1.165) is 0 Å². The molecule has 0 atom stereocenters. The second-order valence-corrected chi connectivity index (χ2v) is 6.66. The molecule has 10 heteroatoms. The molecule has 0 aromatic heterocycles. The molecule has 1 aliphatic rings. The summed E-state index contributed by atoms with van der Waals surface area (Å²) in [6, 6.07) is 6.69. The molecule has 28 heavy (non-hydrogen) atoms. The van der Waals surface area contributed by atoms with Crippen LogP contribution in [0.2, 0.25) is 0 Å². The molecule has 0 N–H and O–H groups in total. The molecule has 0 amide bonds. The predicted octanol–water partition coefficient (Wildman–Crippen LogP) is 6.73. The molecule has 0 spiro atoms. The van der Waals surface area contributed by atoms with Crippen molar-refractivity contribution < 1.29 is 35.1 Å². The van der Waals surface area contributed by atoms with Crippen molar-refractivity contribution in [1.82, 2.24) is 0 Å². The number of hydrogen-bond donors (Lipinski definition) is 0. The van der Waals surface area contributed by atoms with Crippen molar-refractivity contribution >= 4 is 28.8 Å². The third-order valence-electron chi connectivity index (χ3n) is 4.07. The lowest BCUT2D eigenvalue weighted by Gasteiger charge is -2.33. The van der Waals surface area contributed by atoms with Crippen LogP contribution in [-0.2, 0) is 0 Å². The number of halogens is 8. The van der Waals surface area contributed by atoms with Crippen LogP contribution in [-0.4, -0.2) is 0 Å². The van der Waals surface area contributed by atoms with Gasteiger partial charge in [-0.3, -0.25) is 0 Å². The summed E-state index contributed by atoms with van der Waals surface area (Å²) >= 11 is -0.0768. The Balaban J connectivity index is 2.18. The second-order valence-electron chi connectivity index (χ2n) is 5.64. The molecule has 0 saturated carbocycles. The van der Waals surface area contributed by atoms with Crippen molar-refractivity contribution in [2.75, 3.05) is 4.90 Å². The van der Waals surface area contributed by atoms with E-state index in [-0.39, 0.29) is 17.4 Å². The van der Waals surface area contributed by atoms with Gasteiger partial charge in [-0.15, -0.1) is 0 Å². The van der Waals surface area contributed by atoms with E-state index >= 15 is 0 Å². The minimum Gasteiger partial charge on any atom is -0.303 e. The summed E-state index contributed by atoms with van der Waals surface area (Å²) in [6.07, 6.45) is 0. The predicted molar refractivity (Wildman–Crippen MR) is 84.9 cm³/mol. The fraction of sp³-hybridized carbons (Fsp3) is 0. The standard InChI is InChI=1S/C18H5F8NS/c19-7-9(21)13(25)17-15(11(7)23)27(6-4-2-1-3-5-6)16-12(24)8(20)10(22)14(26)18(16)28-17/h1-5H. The van der Waals surface area contributed by atoms with Crippen LogP contribution in [0.4, 0.5) is 52.2 Å². The smallest absolute Gasteiger partial charge is 0.199 e. The number of para-hydroxylation sites is 1. The number of hydrogen-bond acceptors (Lipinski definition) is 2. The molecule has 3 aromatic carbocycles. The maximum absolute atomic E-state index is 14.5. The van der Waals surface area contributed by atoms with E-state index in [0.29, 0.717) is 4.90 Å². The summed E-state index contributed by atoms with van der Waals surface area (Å²) in [5.74, 6) is -16.3. The van der Waals surface area contributed by atoms with E-state index < -0.39 is 67.7 Å². The summed E-state index contributed by atoms with van der Waals surface area (Å²) in [4.78, 5) is -1.42. The van der Waals surface area contributed by atoms with E-state index in [4.69, 9.17) is 0 Å². The average Bonchev–Trinajstić information content (AvgIpc) is 2.72. The van der Waals surface area contributed by atoms with E-state index in [2.05, 4.69) is 0 Å². The van der Waals surface area contributed by atoms with Gasteiger partial charge >= 0.3 is 0 Å². The summed E-state index contributed by atoms with van der Waals surface area (Å²) in [6.45, 7) is 0. The van der Waals surface area contributed by atoms with Gasteiger partial charge in [0.05, 0.1) is 9.79 Å². The highest BCUT2D eigenvalue weighted by Gasteiger charge is 2.40. The van der Waals surface area contributed by atoms with Crippen LogP contribution in [0.3, 0.4) is 0 Å². The van der Waals surface area contributed by atoms with Crippen molar-refractivity contribution in [2.45, 2.75) is 9.79 Å². The summed E-state index contributed by atoms with van der Waals surface area (Å²) < 4.78 is 113. The molecule has 1 nitrogen and oxygen atoms in total. The van der Waals surface area contributed by atoms with E-state index in [9.17, 15) is 35.1 Å². The van der Waals surface area contributed by atoms with Crippen molar-refractivity contribution in [3.63, 3.8) is 0 Å². The Morgan fingerprint density at radius 2 is 0.893 bits per heavy atom. The molecule has 0 saturated heterocycles. The van der Waals surface area contributed by atoms with Gasteiger partial charge in [0, 0.05) is 5.69 Å². The quantitative estimate of drug-likeness (QED) is 0.191. The number of fused-ring (bicyclic) bond motifs is 2. The van der Waals surface area contributed by atoms with Crippen LogP contribution in [0, 0.1) is 46.5 Å². The Hall–Kier alpha value is -2.75. The van der Waals surface area contributed by atoms with E-state index in [1.807, 2.05) is 0 Å². The van der Waals surface area contributed by atoms with Crippen LogP contribution in [0.25, 0.3) is 0 Å². The average molecular weight is 419 g/mol. The molecular formula is C18H5F8NS. The zero-order chi connectivity index (χ0) is 20.3. The Bertz CT molecular complexity index is 1060. The molecule has 0 unspecified atom stereocenters. The van der Waals surface area contributed by atoms with Crippen LogP contribution < -0.4 is 4.90 Å². The highest BCUT2D eigenvalue weighted by Crippen LogP contribution is 2.56. The third kappa shape index (κ3) is 2.40. The van der Waals surface area contributed by atoms with Crippen molar-refractivity contribution in [3.8, 4) is 0 Å². The fourth-order valence-electron chi connectivity index (χ4n) is 2.83. The first kappa shape index (κ1) is 18.6. The van der Waals surface area contributed by atoms with Gasteiger partial charge < -0.3 is 4.90 Å². The second kappa shape index (κ2) is 6.40. The fourth-order valence-corrected chi connectivity index (χ4v) is 3.95. The van der Waals surface area contributed by atoms with Gasteiger partial charge in [0.25, 0.3) is 0 Å². The molecule has 1 heterocycles. The largest absolute Gasteiger partial charge is 0.303 e. The Labute approximate surface area is 156 Å². The number of nitrogens with zero attached hydrogens (tertiary/aromatic N) is 1. The van der Waals surface area contributed by atoms with Crippen molar-refractivity contribution in [3.05, 3.63) is 76.9 Å². The van der Waals surface area contributed by atoms with E-state index in [1.165, 1.54) is 30.3 Å². The van der Waals surface area contributed by atoms with Crippen LogP contribution in [0.15, 0.2) is 40.1 Å². The lowest BCUT2D eigenvalue weighted by molar-refractivity contribution is 0.393. The maximum Gasteiger partial charge on any atom is 0.199 e. The lowest BCUT2D eigenvalue weighted by Crippen LogP contribution is -2.22. The highest BCUT2D eigenvalue weighted by molar-refractivity contribution is 7.99. The zero-order valence-electron chi connectivity index (χ0n) is 13.3.